The molecule has 0 aromatic heterocycles. The van der Waals surface area contributed by atoms with E-state index in [1.807, 2.05) is 43.0 Å². The molecule has 1 aliphatic heterocycles. The Hall–Kier alpha value is -1.55. The predicted molar refractivity (Wildman–Crippen MR) is 78.1 cm³/mol. The quantitative estimate of drug-likeness (QED) is 0.849. The molecule has 2 rings (SSSR count). The molecule has 1 heterocycles. The number of para-hydroxylation sites is 1. The van der Waals surface area contributed by atoms with E-state index in [-0.39, 0.29) is 18.1 Å². The third kappa shape index (κ3) is 3.51. The molecule has 0 bridgehead atoms. The Bertz CT molecular complexity index is 459. The van der Waals surface area contributed by atoms with E-state index in [1.165, 1.54) is 0 Å². The number of carbonyl (C=O) groups is 1. The minimum absolute atomic E-state index is 0.0306. The fraction of sp³-hybridized carbons (Fsp3) is 0.562. The Labute approximate surface area is 120 Å². The number of amides is 1. The summed E-state index contributed by atoms with van der Waals surface area (Å²) in [6, 6.07) is 7.45. The van der Waals surface area contributed by atoms with Gasteiger partial charge in [0.25, 0.3) is 5.91 Å². The summed E-state index contributed by atoms with van der Waals surface area (Å²) in [5.74, 6) is 0.690. The molecule has 0 aliphatic carbocycles. The van der Waals surface area contributed by atoms with Gasteiger partial charge in [0.1, 0.15) is 5.75 Å². The lowest BCUT2D eigenvalue weighted by Crippen LogP contribution is -2.43. The van der Waals surface area contributed by atoms with Crippen molar-refractivity contribution < 1.29 is 14.3 Å². The zero-order valence-corrected chi connectivity index (χ0v) is 12.5. The van der Waals surface area contributed by atoms with Gasteiger partial charge in [0.2, 0.25) is 0 Å². The number of methoxy groups -OCH3 is 1. The second kappa shape index (κ2) is 6.75. The molecule has 1 saturated heterocycles. The van der Waals surface area contributed by atoms with Crippen molar-refractivity contribution in [2.45, 2.75) is 38.9 Å². The summed E-state index contributed by atoms with van der Waals surface area (Å²) >= 11 is 0. The highest BCUT2D eigenvalue weighted by atomic mass is 16.5. The average Bonchev–Trinajstić information content (AvgIpc) is 2.46. The SMILES string of the molecule is CO[C@H]1CCCN(C(=O)c2ccccc2OC(C)C)C1. The zero-order chi connectivity index (χ0) is 14.5. The molecule has 0 radical (unpaired) electrons. The van der Waals surface area contributed by atoms with E-state index < -0.39 is 0 Å². The highest BCUT2D eigenvalue weighted by Crippen LogP contribution is 2.23. The molecule has 1 aromatic rings. The van der Waals surface area contributed by atoms with Gasteiger partial charge in [-0.25, -0.2) is 0 Å². The number of hydrogen-bond acceptors (Lipinski definition) is 3. The van der Waals surface area contributed by atoms with Crippen LogP contribution in [0.15, 0.2) is 24.3 Å². The fourth-order valence-corrected chi connectivity index (χ4v) is 2.49. The molecule has 0 N–H and O–H groups in total. The lowest BCUT2D eigenvalue weighted by Gasteiger charge is -2.32. The molecule has 1 fully saturated rings. The van der Waals surface area contributed by atoms with Crippen LogP contribution < -0.4 is 4.74 Å². The second-order valence-electron chi connectivity index (χ2n) is 5.41. The van der Waals surface area contributed by atoms with Gasteiger partial charge in [0.15, 0.2) is 0 Å². The normalized spacial score (nSPS) is 19.2. The monoisotopic (exact) mass is 277 g/mol. The third-order valence-corrected chi connectivity index (χ3v) is 3.48. The topological polar surface area (TPSA) is 38.8 Å². The van der Waals surface area contributed by atoms with Crippen molar-refractivity contribution in [2.24, 2.45) is 0 Å². The highest BCUT2D eigenvalue weighted by Gasteiger charge is 2.26. The van der Waals surface area contributed by atoms with Crippen molar-refractivity contribution >= 4 is 5.91 Å². The summed E-state index contributed by atoms with van der Waals surface area (Å²) in [6.07, 6.45) is 2.20. The smallest absolute Gasteiger partial charge is 0.257 e. The van der Waals surface area contributed by atoms with E-state index in [0.717, 1.165) is 19.4 Å². The molecule has 4 nitrogen and oxygen atoms in total. The number of nitrogens with zero attached hydrogens (tertiary/aromatic N) is 1. The van der Waals surface area contributed by atoms with Crippen LogP contribution >= 0.6 is 0 Å². The largest absolute Gasteiger partial charge is 0.490 e. The van der Waals surface area contributed by atoms with Crippen LogP contribution in [-0.2, 0) is 4.74 Å². The highest BCUT2D eigenvalue weighted by molar-refractivity contribution is 5.97. The van der Waals surface area contributed by atoms with E-state index in [2.05, 4.69) is 0 Å². The minimum atomic E-state index is 0.0306. The zero-order valence-electron chi connectivity index (χ0n) is 12.5. The van der Waals surface area contributed by atoms with Gasteiger partial charge < -0.3 is 14.4 Å². The van der Waals surface area contributed by atoms with E-state index in [1.54, 1.807) is 7.11 Å². The van der Waals surface area contributed by atoms with E-state index in [9.17, 15) is 4.79 Å². The minimum Gasteiger partial charge on any atom is -0.490 e. The van der Waals surface area contributed by atoms with Crippen LogP contribution in [0.1, 0.15) is 37.0 Å². The maximum atomic E-state index is 12.7. The Morgan fingerprint density at radius 1 is 1.35 bits per heavy atom. The summed E-state index contributed by atoms with van der Waals surface area (Å²) in [4.78, 5) is 14.5. The fourth-order valence-electron chi connectivity index (χ4n) is 2.49. The molecule has 1 atom stereocenters. The van der Waals surface area contributed by atoms with E-state index >= 15 is 0 Å². The molecule has 1 amide bonds. The van der Waals surface area contributed by atoms with Crippen LogP contribution in [0.4, 0.5) is 0 Å². The number of carbonyl (C=O) groups excluding carboxylic acids is 1. The molecule has 1 aliphatic rings. The molecule has 1 aromatic carbocycles. The van der Waals surface area contributed by atoms with Crippen LogP contribution in [0.25, 0.3) is 0 Å². The molecule has 4 heteroatoms. The molecular weight excluding hydrogens is 254 g/mol. The van der Waals surface area contributed by atoms with Crippen molar-refractivity contribution in [2.75, 3.05) is 20.2 Å². The maximum Gasteiger partial charge on any atom is 0.257 e. The van der Waals surface area contributed by atoms with Gasteiger partial charge >= 0.3 is 0 Å². The Kier molecular flexibility index (Phi) is 5.01. The summed E-state index contributed by atoms with van der Waals surface area (Å²) in [5, 5.41) is 0. The Balaban J connectivity index is 2.16. The van der Waals surface area contributed by atoms with Gasteiger partial charge in [-0.05, 0) is 38.8 Å². The number of ether oxygens (including phenoxy) is 2. The Morgan fingerprint density at radius 3 is 2.80 bits per heavy atom. The maximum absolute atomic E-state index is 12.7. The first kappa shape index (κ1) is 14.9. The first-order valence-electron chi connectivity index (χ1n) is 7.19. The van der Waals surface area contributed by atoms with Crippen molar-refractivity contribution in [1.82, 2.24) is 4.90 Å². The van der Waals surface area contributed by atoms with Gasteiger partial charge in [-0.15, -0.1) is 0 Å². The van der Waals surface area contributed by atoms with Gasteiger partial charge in [-0.3, -0.25) is 4.79 Å². The van der Waals surface area contributed by atoms with E-state index in [0.29, 0.717) is 17.9 Å². The van der Waals surface area contributed by atoms with Crippen molar-refractivity contribution in [3.05, 3.63) is 29.8 Å². The number of piperidine rings is 1. The second-order valence-corrected chi connectivity index (χ2v) is 5.41. The molecule has 110 valence electrons. The van der Waals surface area contributed by atoms with Crippen LogP contribution in [0, 0.1) is 0 Å². The first-order chi connectivity index (χ1) is 9.61. The van der Waals surface area contributed by atoms with Crippen LogP contribution in [0.2, 0.25) is 0 Å². The molecule has 20 heavy (non-hydrogen) atoms. The van der Waals surface area contributed by atoms with Crippen LogP contribution in [-0.4, -0.2) is 43.2 Å². The number of benzene rings is 1. The molecule has 0 spiro atoms. The van der Waals surface area contributed by atoms with Gasteiger partial charge in [-0.2, -0.15) is 0 Å². The van der Waals surface area contributed by atoms with Gasteiger partial charge in [-0.1, -0.05) is 12.1 Å². The molecule has 0 saturated carbocycles. The van der Waals surface area contributed by atoms with E-state index in [4.69, 9.17) is 9.47 Å². The summed E-state index contributed by atoms with van der Waals surface area (Å²) in [5.41, 5.74) is 0.637. The van der Waals surface area contributed by atoms with Crippen molar-refractivity contribution in [3.63, 3.8) is 0 Å². The lowest BCUT2D eigenvalue weighted by molar-refractivity contribution is 0.0266. The summed E-state index contributed by atoms with van der Waals surface area (Å²) < 4.78 is 11.1. The first-order valence-corrected chi connectivity index (χ1v) is 7.19. The molecular formula is C16H23NO3. The summed E-state index contributed by atoms with van der Waals surface area (Å²) in [6.45, 7) is 5.37. The lowest BCUT2D eigenvalue weighted by atomic mass is 10.1. The molecule has 0 unspecified atom stereocenters. The van der Waals surface area contributed by atoms with Crippen molar-refractivity contribution in [3.8, 4) is 5.75 Å². The number of hydrogen-bond donors (Lipinski definition) is 0. The third-order valence-electron chi connectivity index (χ3n) is 3.48. The van der Waals surface area contributed by atoms with Crippen molar-refractivity contribution in [1.29, 1.82) is 0 Å². The van der Waals surface area contributed by atoms with Gasteiger partial charge in [0.05, 0.1) is 17.8 Å². The van der Waals surface area contributed by atoms with Crippen LogP contribution in [0.3, 0.4) is 0 Å². The van der Waals surface area contributed by atoms with Crippen LogP contribution in [0.5, 0.6) is 5.75 Å². The predicted octanol–water partition coefficient (Wildman–Crippen LogP) is 2.72. The number of likely N-dealkylation sites (tertiary alicyclic amines) is 1. The standard InChI is InChI=1S/C16H23NO3/c1-12(2)20-15-9-5-4-8-14(15)16(18)17-10-6-7-13(11-17)19-3/h4-5,8-9,12-13H,6-7,10-11H2,1-3H3/t13-/m0/s1. The Morgan fingerprint density at radius 2 is 2.10 bits per heavy atom. The average molecular weight is 277 g/mol. The van der Waals surface area contributed by atoms with Gasteiger partial charge in [0, 0.05) is 20.2 Å². The number of rotatable bonds is 4. The summed E-state index contributed by atoms with van der Waals surface area (Å²) in [7, 11) is 1.70.